The molecule has 0 aromatic heterocycles. The Balaban J connectivity index is 2.65. The summed E-state index contributed by atoms with van der Waals surface area (Å²) < 4.78 is 0. The van der Waals surface area contributed by atoms with Gasteiger partial charge in [-0.25, -0.2) is 0 Å². The van der Waals surface area contributed by atoms with E-state index >= 15 is 0 Å². The first kappa shape index (κ1) is 16.2. The number of nitrogens with one attached hydrogen (secondary N) is 1. The average molecular weight is 262 g/mol. The van der Waals surface area contributed by atoms with Crippen molar-refractivity contribution in [3.8, 4) is 0 Å². The smallest absolute Gasteiger partial charge is 0.0236 e. The Labute approximate surface area is 119 Å². The zero-order valence-corrected chi connectivity index (χ0v) is 13.2. The lowest BCUT2D eigenvalue weighted by Gasteiger charge is -2.27. The van der Waals surface area contributed by atoms with E-state index in [0.717, 1.165) is 19.6 Å². The van der Waals surface area contributed by atoms with Crippen molar-refractivity contribution in [3.05, 3.63) is 35.4 Å². The third-order valence-electron chi connectivity index (χ3n) is 4.07. The predicted octanol–water partition coefficient (Wildman–Crippen LogP) is 3.63. The average Bonchev–Trinajstić information content (AvgIpc) is 2.44. The first-order valence-electron chi connectivity index (χ1n) is 7.59. The number of benzene rings is 1. The molecule has 0 aliphatic carbocycles. The molecule has 2 unspecified atom stereocenters. The molecular formula is C17H30N2. The van der Waals surface area contributed by atoms with E-state index < -0.39 is 0 Å². The molecule has 0 radical (unpaired) electrons. The van der Waals surface area contributed by atoms with Gasteiger partial charge in [-0.1, -0.05) is 45.0 Å². The molecule has 1 aromatic carbocycles. The summed E-state index contributed by atoms with van der Waals surface area (Å²) in [6, 6.07) is 9.79. The van der Waals surface area contributed by atoms with Crippen molar-refractivity contribution in [3.63, 3.8) is 0 Å². The van der Waals surface area contributed by atoms with Gasteiger partial charge in [0.15, 0.2) is 0 Å². The number of likely N-dealkylation sites (N-methyl/N-ethyl adjacent to an activating group) is 1. The van der Waals surface area contributed by atoms with Gasteiger partial charge in [0, 0.05) is 19.1 Å². The molecule has 0 spiro atoms. The fourth-order valence-electron chi connectivity index (χ4n) is 2.45. The number of hydrogen-bond donors (Lipinski definition) is 1. The summed E-state index contributed by atoms with van der Waals surface area (Å²) in [5.41, 5.74) is 2.84. The maximum atomic E-state index is 3.24. The highest BCUT2D eigenvalue weighted by atomic mass is 15.1. The van der Waals surface area contributed by atoms with Gasteiger partial charge in [-0.15, -0.1) is 0 Å². The largest absolute Gasteiger partial charge is 0.319 e. The third kappa shape index (κ3) is 4.96. The van der Waals surface area contributed by atoms with E-state index in [1.807, 2.05) is 7.05 Å². The maximum absolute atomic E-state index is 3.24. The summed E-state index contributed by atoms with van der Waals surface area (Å²) in [6.45, 7) is 12.3. The molecule has 0 heterocycles. The van der Waals surface area contributed by atoms with Gasteiger partial charge >= 0.3 is 0 Å². The lowest BCUT2D eigenvalue weighted by molar-refractivity contribution is 0.206. The van der Waals surface area contributed by atoms with Crippen LogP contribution in [-0.4, -0.2) is 31.1 Å². The van der Waals surface area contributed by atoms with Crippen molar-refractivity contribution in [2.45, 2.75) is 52.6 Å². The van der Waals surface area contributed by atoms with Crippen molar-refractivity contribution in [2.24, 2.45) is 0 Å². The molecular weight excluding hydrogens is 232 g/mol. The highest BCUT2D eigenvalue weighted by Crippen LogP contribution is 2.17. The van der Waals surface area contributed by atoms with Crippen LogP contribution in [0.4, 0.5) is 0 Å². The van der Waals surface area contributed by atoms with Crippen LogP contribution in [0.1, 0.15) is 51.2 Å². The maximum Gasteiger partial charge on any atom is 0.0236 e. The Morgan fingerprint density at radius 2 is 1.74 bits per heavy atom. The molecule has 0 bridgehead atoms. The Hall–Kier alpha value is -0.860. The second-order valence-electron chi connectivity index (χ2n) is 5.52. The van der Waals surface area contributed by atoms with Crippen molar-refractivity contribution >= 4 is 0 Å². The minimum absolute atomic E-state index is 0.580. The summed E-state index contributed by atoms with van der Waals surface area (Å²) in [6.07, 6.45) is 1.21. The zero-order valence-electron chi connectivity index (χ0n) is 13.2. The van der Waals surface area contributed by atoms with Gasteiger partial charge in [0.05, 0.1) is 0 Å². The molecule has 19 heavy (non-hydrogen) atoms. The summed E-state index contributed by atoms with van der Waals surface area (Å²) in [5, 5.41) is 3.24. The Kier molecular flexibility index (Phi) is 7.11. The summed E-state index contributed by atoms with van der Waals surface area (Å²) in [5.74, 6) is 0.580. The van der Waals surface area contributed by atoms with Crippen molar-refractivity contribution in [1.29, 1.82) is 0 Å². The van der Waals surface area contributed by atoms with Crippen molar-refractivity contribution < 1.29 is 0 Å². The van der Waals surface area contributed by atoms with E-state index in [0.29, 0.717) is 12.0 Å². The van der Waals surface area contributed by atoms with Crippen LogP contribution in [0, 0.1) is 0 Å². The quantitative estimate of drug-likeness (QED) is 0.769. The minimum Gasteiger partial charge on any atom is -0.319 e. The first-order chi connectivity index (χ1) is 9.12. The van der Waals surface area contributed by atoms with Gasteiger partial charge in [0.25, 0.3) is 0 Å². The predicted molar refractivity (Wildman–Crippen MR) is 84.6 cm³/mol. The number of rotatable bonds is 8. The topological polar surface area (TPSA) is 15.3 Å². The highest BCUT2D eigenvalue weighted by molar-refractivity contribution is 5.25. The van der Waals surface area contributed by atoms with Gasteiger partial charge in [0.2, 0.25) is 0 Å². The summed E-state index contributed by atoms with van der Waals surface area (Å²) >= 11 is 0. The van der Waals surface area contributed by atoms with Crippen LogP contribution in [0.2, 0.25) is 0 Å². The Bertz CT molecular complexity index is 345. The lowest BCUT2D eigenvalue weighted by atomic mass is 9.99. The van der Waals surface area contributed by atoms with Crippen LogP contribution < -0.4 is 5.32 Å². The van der Waals surface area contributed by atoms with Gasteiger partial charge < -0.3 is 5.32 Å². The van der Waals surface area contributed by atoms with Gasteiger partial charge in [0.1, 0.15) is 0 Å². The monoisotopic (exact) mass is 262 g/mol. The van der Waals surface area contributed by atoms with E-state index in [1.165, 1.54) is 17.5 Å². The standard InChI is InChI=1S/C17H30N2/c1-6-15(4)19(7-2)13-16-8-10-17(11-9-16)14(3)12-18-5/h8-11,14-15,18H,6-7,12-13H2,1-5H3. The molecule has 2 heteroatoms. The van der Waals surface area contributed by atoms with Gasteiger partial charge in [-0.3, -0.25) is 4.90 Å². The van der Waals surface area contributed by atoms with Crippen LogP contribution >= 0.6 is 0 Å². The molecule has 0 fully saturated rings. The van der Waals surface area contributed by atoms with Crippen molar-refractivity contribution in [2.75, 3.05) is 20.1 Å². The molecule has 0 amide bonds. The second-order valence-corrected chi connectivity index (χ2v) is 5.52. The van der Waals surface area contributed by atoms with E-state index in [4.69, 9.17) is 0 Å². The Morgan fingerprint density at radius 3 is 2.21 bits per heavy atom. The molecule has 0 saturated heterocycles. The molecule has 1 rings (SSSR count). The SMILES string of the molecule is CCC(C)N(CC)Cc1ccc(C(C)CNC)cc1. The molecule has 0 aliphatic rings. The molecule has 0 aliphatic heterocycles. The zero-order chi connectivity index (χ0) is 14.3. The highest BCUT2D eigenvalue weighted by Gasteiger charge is 2.11. The fraction of sp³-hybridized carbons (Fsp3) is 0.647. The Morgan fingerprint density at radius 1 is 1.11 bits per heavy atom. The van der Waals surface area contributed by atoms with Crippen LogP contribution in [0.25, 0.3) is 0 Å². The minimum atomic E-state index is 0.580. The molecule has 2 nitrogen and oxygen atoms in total. The molecule has 2 atom stereocenters. The van der Waals surface area contributed by atoms with Crippen LogP contribution in [-0.2, 0) is 6.54 Å². The van der Waals surface area contributed by atoms with Gasteiger partial charge in [-0.05, 0) is 44.0 Å². The number of hydrogen-bond acceptors (Lipinski definition) is 2. The van der Waals surface area contributed by atoms with E-state index in [1.54, 1.807) is 0 Å². The third-order valence-corrected chi connectivity index (χ3v) is 4.07. The van der Waals surface area contributed by atoms with Crippen LogP contribution in [0.15, 0.2) is 24.3 Å². The molecule has 108 valence electrons. The van der Waals surface area contributed by atoms with E-state index in [-0.39, 0.29) is 0 Å². The van der Waals surface area contributed by atoms with E-state index in [9.17, 15) is 0 Å². The molecule has 0 saturated carbocycles. The molecule has 1 aromatic rings. The van der Waals surface area contributed by atoms with E-state index in [2.05, 4.69) is 62.2 Å². The van der Waals surface area contributed by atoms with Gasteiger partial charge in [-0.2, -0.15) is 0 Å². The fourth-order valence-corrected chi connectivity index (χ4v) is 2.45. The van der Waals surface area contributed by atoms with Crippen molar-refractivity contribution in [1.82, 2.24) is 10.2 Å². The summed E-state index contributed by atoms with van der Waals surface area (Å²) in [4.78, 5) is 2.53. The van der Waals surface area contributed by atoms with Crippen LogP contribution in [0.3, 0.4) is 0 Å². The van der Waals surface area contributed by atoms with Crippen LogP contribution in [0.5, 0.6) is 0 Å². The summed E-state index contributed by atoms with van der Waals surface area (Å²) in [7, 11) is 2.01. The normalized spacial score (nSPS) is 14.6. The second kappa shape index (κ2) is 8.34. The lowest BCUT2D eigenvalue weighted by Crippen LogP contribution is -2.31. The first-order valence-corrected chi connectivity index (χ1v) is 7.59. The number of nitrogens with zero attached hydrogens (tertiary/aromatic N) is 1. The molecule has 1 N–H and O–H groups in total.